The molecule has 0 saturated carbocycles. The van der Waals surface area contributed by atoms with Gasteiger partial charge in [-0.05, 0) is 31.0 Å². The lowest BCUT2D eigenvalue weighted by atomic mass is 10.1. The number of ether oxygens (including phenoxy) is 1. The largest absolute Gasteiger partial charge is 0.462 e. The number of carbonyl (C=O) groups is 2. The van der Waals surface area contributed by atoms with Gasteiger partial charge in [-0.1, -0.05) is 17.7 Å². The molecule has 0 aliphatic rings. The number of aldehydes is 1. The summed E-state index contributed by atoms with van der Waals surface area (Å²) < 4.78 is 4.85. The maximum atomic E-state index is 11.4. The topological polar surface area (TPSA) is 43.4 Å². The Morgan fingerprint density at radius 3 is 2.81 bits per heavy atom. The van der Waals surface area contributed by atoms with Gasteiger partial charge < -0.3 is 9.53 Å². The number of benzene rings is 1. The molecule has 0 aliphatic carbocycles. The first-order valence-electron chi connectivity index (χ1n) is 5.08. The normalized spacial score (nSPS) is 9.88. The monoisotopic (exact) mass is 240 g/mol. The highest BCUT2D eigenvalue weighted by Crippen LogP contribution is 2.19. The quantitative estimate of drug-likeness (QED) is 0.587. The van der Waals surface area contributed by atoms with Crippen molar-refractivity contribution in [1.82, 2.24) is 0 Å². The lowest BCUT2D eigenvalue weighted by Crippen LogP contribution is -2.04. The van der Waals surface area contributed by atoms with Crippen LogP contribution >= 0.6 is 11.6 Å². The molecule has 0 N–H and O–H groups in total. The van der Waals surface area contributed by atoms with Gasteiger partial charge >= 0.3 is 5.97 Å². The van der Waals surface area contributed by atoms with Gasteiger partial charge in [-0.25, -0.2) is 4.79 Å². The molecule has 0 aromatic heterocycles. The number of hydrogen-bond acceptors (Lipinski definition) is 3. The van der Waals surface area contributed by atoms with Crippen molar-refractivity contribution in [2.45, 2.75) is 19.8 Å². The van der Waals surface area contributed by atoms with E-state index in [0.717, 1.165) is 11.8 Å². The number of halogens is 1. The van der Waals surface area contributed by atoms with E-state index in [2.05, 4.69) is 0 Å². The highest BCUT2D eigenvalue weighted by molar-refractivity contribution is 6.31. The molecule has 0 fully saturated rings. The third kappa shape index (κ3) is 3.35. The Morgan fingerprint density at radius 2 is 2.25 bits per heavy atom. The van der Waals surface area contributed by atoms with Gasteiger partial charge in [0.1, 0.15) is 6.29 Å². The zero-order valence-electron chi connectivity index (χ0n) is 9.03. The highest BCUT2D eigenvalue weighted by Gasteiger charge is 2.08. The lowest BCUT2D eigenvalue weighted by molar-refractivity contribution is -0.107. The summed E-state index contributed by atoms with van der Waals surface area (Å²) in [7, 11) is 0. The summed E-state index contributed by atoms with van der Waals surface area (Å²) in [5.41, 5.74) is 1.29. The molecule has 3 nitrogen and oxygen atoms in total. The van der Waals surface area contributed by atoms with Crippen LogP contribution in [0.15, 0.2) is 18.2 Å². The first kappa shape index (κ1) is 12.7. The molecular formula is C12H13ClO3. The number of aryl methyl sites for hydroxylation is 1. The van der Waals surface area contributed by atoms with Gasteiger partial charge in [0.15, 0.2) is 0 Å². The van der Waals surface area contributed by atoms with Gasteiger partial charge in [-0.3, -0.25) is 0 Å². The molecular weight excluding hydrogens is 228 g/mol. The van der Waals surface area contributed by atoms with E-state index in [0.29, 0.717) is 30.0 Å². The Kier molecular flexibility index (Phi) is 4.99. The molecule has 1 aromatic rings. The molecule has 86 valence electrons. The van der Waals surface area contributed by atoms with Gasteiger partial charge in [-0.15, -0.1) is 0 Å². The zero-order chi connectivity index (χ0) is 12.0. The minimum atomic E-state index is -0.383. The molecule has 1 aromatic carbocycles. The summed E-state index contributed by atoms with van der Waals surface area (Å²) in [6, 6.07) is 4.97. The van der Waals surface area contributed by atoms with Crippen molar-refractivity contribution in [1.29, 1.82) is 0 Å². The third-order valence-electron chi connectivity index (χ3n) is 2.10. The summed E-state index contributed by atoms with van der Waals surface area (Å²) in [6.45, 7) is 2.08. The van der Waals surface area contributed by atoms with Gasteiger partial charge in [0.2, 0.25) is 0 Å². The molecule has 0 amide bonds. The first-order valence-corrected chi connectivity index (χ1v) is 5.46. The van der Waals surface area contributed by atoms with E-state index in [1.807, 2.05) is 0 Å². The van der Waals surface area contributed by atoms with Crippen LogP contribution in [0.3, 0.4) is 0 Å². The molecule has 0 bridgehead atoms. The molecule has 16 heavy (non-hydrogen) atoms. The van der Waals surface area contributed by atoms with Crippen LogP contribution in [0, 0.1) is 0 Å². The Hall–Kier alpha value is -1.35. The van der Waals surface area contributed by atoms with Gasteiger partial charge in [0.05, 0.1) is 12.2 Å². The van der Waals surface area contributed by atoms with Gasteiger partial charge in [-0.2, -0.15) is 0 Å². The van der Waals surface area contributed by atoms with Crippen molar-refractivity contribution in [2.75, 3.05) is 6.61 Å². The van der Waals surface area contributed by atoms with Crippen molar-refractivity contribution in [2.24, 2.45) is 0 Å². The molecule has 1 rings (SSSR count). The van der Waals surface area contributed by atoms with Crippen molar-refractivity contribution in [3.8, 4) is 0 Å². The van der Waals surface area contributed by atoms with Crippen LogP contribution in [0.4, 0.5) is 0 Å². The van der Waals surface area contributed by atoms with Crippen LogP contribution in [-0.4, -0.2) is 18.9 Å². The average molecular weight is 241 g/mol. The van der Waals surface area contributed by atoms with Crippen LogP contribution in [0.1, 0.15) is 29.3 Å². The van der Waals surface area contributed by atoms with Crippen molar-refractivity contribution in [3.63, 3.8) is 0 Å². The Morgan fingerprint density at radius 1 is 1.50 bits per heavy atom. The Balaban J connectivity index is 2.81. The smallest absolute Gasteiger partial charge is 0.338 e. The molecule has 0 unspecified atom stereocenters. The van der Waals surface area contributed by atoms with E-state index in [1.54, 1.807) is 25.1 Å². The lowest BCUT2D eigenvalue weighted by Gasteiger charge is -2.05. The van der Waals surface area contributed by atoms with Gasteiger partial charge in [0.25, 0.3) is 0 Å². The van der Waals surface area contributed by atoms with E-state index in [4.69, 9.17) is 16.3 Å². The van der Waals surface area contributed by atoms with E-state index >= 15 is 0 Å². The fraction of sp³-hybridized carbons (Fsp3) is 0.333. The van der Waals surface area contributed by atoms with Crippen LogP contribution in [0.2, 0.25) is 5.02 Å². The first-order chi connectivity index (χ1) is 7.69. The fourth-order valence-corrected chi connectivity index (χ4v) is 1.58. The van der Waals surface area contributed by atoms with E-state index in [1.165, 1.54) is 0 Å². The average Bonchev–Trinajstić information content (AvgIpc) is 2.27. The zero-order valence-corrected chi connectivity index (χ0v) is 9.79. The van der Waals surface area contributed by atoms with Crippen LogP contribution < -0.4 is 0 Å². The minimum absolute atomic E-state index is 0.337. The molecule has 0 saturated heterocycles. The number of carbonyl (C=O) groups excluding carboxylic acids is 2. The summed E-state index contributed by atoms with van der Waals surface area (Å²) in [6.07, 6.45) is 1.86. The molecule has 4 heteroatoms. The standard InChI is InChI=1S/C12H13ClO3/c1-2-16-12(15)10-6-5-9(4-3-7-14)11(13)8-10/h5-8H,2-4H2,1H3. The predicted octanol–water partition coefficient (Wildman–Crippen LogP) is 2.65. The second kappa shape index (κ2) is 6.28. The van der Waals surface area contributed by atoms with Crippen molar-refractivity contribution in [3.05, 3.63) is 34.3 Å². The summed E-state index contributed by atoms with van der Waals surface area (Å²) in [5.74, 6) is -0.383. The molecule has 0 heterocycles. The number of rotatable bonds is 5. The summed E-state index contributed by atoms with van der Waals surface area (Å²) in [4.78, 5) is 21.6. The van der Waals surface area contributed by atoms with Crippen molar-refractivity contribution >= 4 is 23.9 Å². The molecule has 0 spiro atoms. The summed E-state index contributed by atoms with van der Waals surface area (Å²) >= 11 is 5.99. The SMILES string of the molecule is CCOC(=O)c1ccc(CCC=O)c(Cl)c1. The molecule has 0 aliphatic heterocycles. The Labute approximate surface area is 99.4 Å². The molecule has 0 atom stereocenters. The maximum Gasteiger partial charge on any atom is 0.338 e. The van der Waals surface area contributed by atoms with Crippen LogP contribution in [-0.2, 0) is 16.0 Å². The predicted molar refractivity (Wildman–Crippen MR) is 61.8 cm³/mol. The number of hydrogen-bond donors (Lipinski definition) is 0. The maximum absolute atomic E-state index is 11.4. The second-order valence-electron chi connectivity index (χ2n) is 3.23. The minimum Gasteiger partial charge on any atom is -0.462 e. The van der Waals surface area contributed by atoms with Crippen LogP contribution in [0.5, 0.6) is 0 Å². The van der Waals surface area contributed by atoms with E-state index in [-0.39, 0.29) is 5.97 Å². The third-order valence-corrected chi connectivity index (χ3v) is 2.45. The van der Waals surface area contributed by atoms with E-state index in [9.17, 15) is 9.59 Å². The highest BCUT2D eigenvalue weighted by atomic mass is 35.5. The molecule has 0 radical (unpaired) electrons. The Bertz CT molecular complexity index is 388. The second-order valence-corrected chi connectivity index (χ2v) is 3.64. The fourth-order valence-electron chi connectivity index (χ4n) is 1.31. The van der Waals surface area contributed by atoms with Gasteiger partial charge in [0, 0.05) is 11.4 Å². The number of esters is 1. The van der Waals surface area contributed by atoms with Crippen molar-refractivity contribution < 1.29 is 14.3 Å². The van der Waals surface area contributed by atoms with Crippen LogP contribution in [0.25, 0.3) is 0 Å². The van der Waals surface area contributed by atoms with E-state index < -0.39 is 0 Å². The summed E-state index contributed by atoms with van der Waals surface area (Å²) in [5, 5.41) is 0.493.